The van der Waals surface area contributed by atoms with Gasteiger partial charge in [-0.2, -0.15) is 0 Å². The summed E-state index contributed by atoms with van der Waals surface area (Å²) in [6.07, 6.45) is 2.02. The molecule has 0 aliphatic rings. The van der Waals surface area contributed by atoms with Gasteiger partial charge in [0.15, 0.2) is 0 Å². The first kappa shape index (κ1) is 23.7. The fraction of sp³-hybridized carbons (Fsp3) is 0.520. The molecule has 5 nitrogen and oxygen atoms in total. The number of benzene rings is 1. The van der Waals surface area contributed by atoms with Crippen LogP contribution in [0.3, 0.4) is 0 Å². The zero-order valence-electron chi connectivity index (χ0n) is 19.1. The van der Waals surface area contributed by atoms with Crippen LogP contribution in [-0.4, -0.2) is 41.2 Å². The number of amides is 2. The largest absolute Gasteiger partial charge is 0.464 e. The van der Waals surface area contributed by atoms with Crippen molar-refractivity contribution in [2.45, 2.75) is 60.4 Å². The van der Waals surface area contributed by atoms with E-state index in [1.54, 1.807) is 9.80 Å². The van der Waals surface area contributed by atoms with Gasteiger partial charge in [-0.1, -0.05) is 58.0 Å². The molecule has 0 aliphatic carbocycles. The Morgan fingerprint density at radius 1 is 0.933 bits per heavy atom. The summed E-state index contributed by atoms with van der Waals surface area (Å²) < 4.78 is 5.71. The van der Waals surface area contributed by atoms with E-state index in [1.165, 1.54) is 5.56 Å². The highest BCUT2D eigenvalue weighted by atomic mass is 16.3. The molecule has 5 heteroatoms. The zero-order chi connectivity index (χ0) is 22.1. The molecule has 30 heavy (non-hydrogen) atoms. The normalized spacial score (nSPS) is 11.4. The van der Waals surface area contributed by atoms with Crippen molar-refractivity contribution in [1.29, 1.82) is 0 Å². The predicted molar refractivity (Wildman–Crippen MR) is 120 cm³/mol. The molecule has 1 aromatic heterocycles. The number of hydrogen-bond acceptors (Lipinski definition) is 3. The van der Waals surface area contributed by atoms with Gasteiger partial charge in [0.2, 0.25) is 11.8 Å². The van der Waals surface area contributed by atoms with Crippen LogP contribution >= 0.6 is 0 Å². The van der Waals surface area contributed by atoms with Gasteiger partial charge in [0.25, 0.3) is 0 Å². The lowest BCUT2D eigenvalue weighted by Gasteiger charge is -2.29. The van der Waals surface area contributed by atoms with E-state index in [0.717, 1.165) is 24.4 Å². The van der Waals surface area contributed by atoms with Crippen molar-refractivity contribution in [2.24, 2.45) is 5.41 Å². The van der Waals surface area contributed by atoms with E-state index in [0.29, 0.717) is 26.1 Å². The van der Waals surface area contributed by atoms with Crippen molar-refractivity contribution in [1.82, 2.24) is 9.80 Å². The Balaban J connectivity index is 2.11. The Labute approximate surface area is 181 Å². The van der Waals surface area contributed by atoms with Gasteiger partial charge in [-0.3, -0.25) is 9.59 Å². The number of carbonyl (C=O) groups is 2. The van der Waals surface area contributed by atoms with Crippen LogP contribution in [0.4, 0.5) is 0 Å². The molecule has 0 radical (unpaired) electrons. The number of furan rings is 1. The van der Waals surface area contributed by atoms with Crippen molar-refractivity contribution >= 4 is 11.8 Å². The van der Waals surface area contributed by atoms with Crippen LogP contribution in [0.25, 0.3) is 0 Å². The molecule has 0 saturated carbocycles. The summed E-state index contributed by atoms with van der Waals surface area (Å²) in [5.74, 6) is 1.58. The van der Waals surface area contributed by atoms with Crippen molar-refractivity contribution in [3.05, 3.63) is 59.5 Å². The van der Waals surface area contributed by atoms with Crippen LogP contribution in [0.15, 0.2) is 46.9 Å². The lowest BCUT2D eigenvalue weighted by molar-refractivity contribution is -0.142. The third-order valence-corrected chi connectivity index (χ3v) is 4.86. The molecule has 0 bridgehead atoms. The van der Waals surface area contributed by atoms with Crippen LogP contribution in [0.1, 0.15) is 57.6 Å². The third kappa shape index (κ3) is 8.05. The second-order valence-electron chi connectivity index (χ2n) is 9.12. The van der Waals surface area contributed by atoms with Gasteiger partial charge in [-0.05, 0) is 42.9 Å². The van der Waals surface area contributed by atoms with Gasteiger partial charge in [0, 0.05) is 19.5 Å². The molecule has 0 atom stereocenters. The Hall–Kier alpha value is -2.56. The molecular formula is C25H36N2O3. The molecule has 1 heterocycles. The monoisotopic (exact) mass is 412 g/mol. The lowest BCUT2D eigenvalue weighted by atomic mass is 9.91. The molecule has 1 aromatic carbocycles. The summed E-state index contributed by atoms with van der Waals surface area (Å²) in [6.45, 7) is 11.7. The minimum Gasteiger partial charge on any atom is -0.464 e. The summed E-state index contributed by atoms with van der Waals surface area (Å²) in [5, 5.41) is 0. The zero-order valence-corrected chi connectivity index (χ0v) is 19.1. The van der Waals surface area contributed by atoms with Gasteiger partial charge in [-0.25, -0.2) is 0 Å². The quantitative estimate of drug-likeness (QED) is 0.561. The van der Waals surface area contributed by atoms with Crippen LogP contribution in [0.5, 0.6) is 0 Å². The van der Waals surface area contributed by atoms with E-state index in [4.69, 9.17) is 4.42 Å². The third-order valence-electron chi connectivity index (χ3n) is 4.86. The highest BCUT2D eigenvalue weighted by Crippen LogP contribution is 2.20. The van der Waals surface area contributed by atoms with E-state index in [2.05, 4.69) is 12.1 Å². The molecule has 2 aromatic rings. The van der Waals surface area contributed by atoms with Crippen LogP contribution < -0.4 is 0 Å². The van der Waals surface area contributed by atoms with Gasteiger partial charge in [0.1, 0.15) is 11.5 Å². The molecule has 0 N–H and O–H groups in total. The Morgan fingerprint density at radius 2 is 1.63 bits per heavy atom. The van der Waals surface area contributed by atoms with E-state index in [9.17, 15) is 9.59 Å². The number of aryl methyl sites for hydroxylation is 1. The van der Waals surface area contributed by atoms with Gasteiger partial charge in [0.05, 0.1) is 13.1 Å². The molecule has 0 spiro atoms. The summed E-state index contributed by atoms with van der Waals surface area (Å²) in [4.78, 5) is 29.5. The van der Waals surface area contributed by atoms with E-state index < -0.39 is 0 Å². The summed E-state index contributed by atoms with van der Waals surface area (Å²) in [6, 6.07) is 13.9. The molecule has 0 saturated heterocycles. The average molecular weight is 413 g/mol. The van der Waals surface area contributed by atoms with E-state index in [-0.39, 0.29) is 23.8 Å². The highest BCUT2D eigenvalue weighted by Gasteiger charge is 2.25. The summed E-state index contributed by atoms with van der Waals surface area (Å²) >= 11 is 0. The maximum absolute atomic E-state index is 13.2. The maximum Gasteiger partial charge on any atom is 0.242 e. The summed E-state index contributed by atoms with van der Waals surface area (Å²) in [7, 11) is 0. The second kappa shape index (κ2) is 11.0. The first-order valence-corrected chi connectivity index (χ1v) is 10.8. The molecule has 2 amide bonds. The average Bonchev–Trinajstić information content (AvgIpc) is 3.09. The molecule has 0 unspecified atom stereocenters. The summed E-state index contributed by atoms with van der Waals surface area (Å²) in [5.41, 5.74) is 1.07. The molecule has 164 valence electrons. The van der Waals surface area contributed by atoms with Gasteiger partial charge in [-0.15, -0.1) is 0 Å². The predicted octanol–water partition coefficient (Wildman–Crippen LogP) is 4.83. The van der Waals surface area contributed by atoms with Crippen LogP contribution in [0.2, 0.25) is 0 Å². The highest BCUT2D eigenvalue weighted by molar-refractivity contribution is 5.85. The Bertz CT molecular complexity index is 805. The SMILES string of the molecule is CCCN(CC(=O)N(CCc1ccccc1)Cc1ccc(C)o1)C(=O)CC(C)(C)C. The lowest BCUT2D eigenvalue weighted by Crippen LogP contribution is -2.44. The number of nitrogens with zero attached hydrogens (tertiary/aromatic N) is 2. The fourth-order valence-corrected chi connectivity index (χ4v) is 3.35. The smallest absolute Gasteiger partial charge is 0.242 e. The van der Waals surface area contributed by atoms with Crippen molar-refractivity contribution in [3.63, 3.8) is 0 Å². The maximum atomic E-state index is 13.2. The number of hydrogen-bond donors (Lipinski definition) is 0. The van der Waals surface area contributed by atoms with E-state index >= 15 is 0 Å². The minimum atomic E-state index is -0.106. The van der Waals surface area contributed by atoms with Crippen molar-refractivity contribution in [2.75, 3.05) is 19.6 Å². The van der Waals surface area contributed by atoms with Gasteiger partial charge < -0.3 is 14.2 Å². The van der Waals surface area contributed by atoms with Crippen molar-refractivity contribution in [3.8, 4) is 0 Å². The Kier molecular flexibility index (Phi) is 8.70. The van der Waals surface area contributed by atoms with Gasteiger partial charge >= 0.3 is 0 Å². The molecule has 0 aliphatic heterocycles. The number of rotatable bonds is 10. The number of carbonyl (C=O) groups excluding carboxylic acids is 2. The first-order chi connectivity index (χ1) is 14.2. The standard InChI is InChI=1S/C25H36N2O3/c1-6-15-26(23(28)17-25(3,4)5)19-24(29)27(18-22-13-12-20(2)30-22)16-14-21-10-8-7-9-11-21/h7-13H,6,14-19H2,1-5H3. The van der Waals surface area contributed by atoms with Crippen LogP contribution in [-0.2, 0) is 22.6 Å². The topological polar surface area (TPSA) is 53.8 Å². The molecule has 2 rings (SSSR count). The first-order valence-electron chi connectivity index (χ1n) is 10.8. The fourth-order valence-electron chi connectivity index (χ4n) is 3.35. The molecular weight excluding hydrogens is 376 g/mol. The second-order valence-corrected chi connectivity index (χ2v) is 9.12. The molecule has 0 fully saturated rings. The van der Waals surface area contributed by atoms with Crippen LogP contribution in [0, 0.1) is 12.3 Å². The Morgan fingerprint density at radius 3 is 2.20 bits per heavy atom. The van der Waals surface area contributed by atoms with E-state index in [1.807, 2.05) is 65.0 Å². The minimum absolute atomic E-state index is 0.0366. The van der Waals surface area contributed by atoms with Crippen molar-refractivity contribution < 1.29 is 14.0 Å².